The average Bonchev–Trinajstić information content (AvgIpc) is 2.49. The summed E-state index contributed by atoms with van der Waals surface area (Å²) in [6.07, 6.45) is 2.59. The standard InChI is InChI=1S/C9H14N2O/c1-8(2)3-5-10-7-9-4-6-12-11-9/h4,6,10H,1,3,5,7H2,2H3. The molecule has 3 heteroatoms. The molecule has 3 nitrogen and oxygen atoms in total. The molecule has 66 valence electrons. The fourth-order valence-electron chi connectivity index (χ4n) is 0.847. The molecule has 0 aliphatic heterocycles. The zero-order valence-corrected chi connectivity index (χ0v) is 7.34. The number of hydrogen-bond donors (Lipinski definition) is 1. The first kappa shape index (κ1) is 9.00. The Morgan fingerprint density at radius 1 is 1.75 bits per heavy atom. The molecule has 1 aromatic heterocycles. The van der Waals surface area contributed by atoms with Gasteiger partial charge in [0.25, 0.3) is 0 Å². The normalized spacial score (nSPS) is 10.1. The Kier molecular flexibility index (Phi) is 3.54. The number of hydrogen-bond acceptors (Lipinski definition) is 3. The molecule has 12 heavy (non-hydrogen) atoms. The molecule has 1 aromatic rings. The second kappa shape index (κ2) is 4.72. The summed E-state index contributed by atoms with van der Waals surface area (Å²) in [4.78, 5) is 0. The van der Waals surface area contributed by atoms with E-state index in [2.05, 4.69) is 21.6 Å². The Morgan fingerprint density at radius 3 is 3.17 bits per heavy atom. The van der Waals surface area contributed by atoms with Crippen molar-refractivity contribution in [1.82, 2.24) is 10.5 Å². The summed E-state index contributed by atoms with van der Waals surface area (Å²) in [5, 5.41) is 7.01. The van der Waals surface area contributed by atoms with E-state index in [0.717, 1.165) is 25.2 Å². The molecule has 0 amide bonds. The lowest BCUT2D eigenvalue weighted by atomic mass is 10.2. The largest absolute Gasteiger partial charge is 0.364 e. The third kappa shape index (κ3) is 3.34. The van der Waals surface area contributed by atoms with Crippen molar-refractivity contribution in [2.24, 2.45) is 0 Å². The van der Waals surface area contributed by atoms with E-state index < -0.39 is 0 Å². The third-order valence-electron chi connectivity index (χ3n) is 1.53. The maximum atomic E-state index is 4.69. The molecule has 0 aliphatic carbocycles. The Labute approximate surface area is 72.4 Å². The van der Waals surface area contributed by atoms with Crippen molar-refractivity contribution in [1.29, 1.82) is 0 Å². The minimum absolute atomic E-state index is 0.768. The maximum Gasteiger partial charge on any atom is 0.124 e. The topological polar surface area (TPSA) is 38.1 Å². The molecule has 0 fully saturated rings. The summed E-state index contributed by atoms with van der Waals surface area (Å²) in [5.41, 5.74) is 2.14. The van der Waals surface area contributed by atoms with E-state index >= 15 is 0 Å². The molecular weight excluding hydrogens is 152 g/mol. The van der Waals surface area contributed by atoms with Crippen molar-refractivity contribution in [3.63, 3.8) is 0 Å². The lowest BCUT2D eigenvalue weighted by molar-refractivity contribution is 0.408. The van der Waals surface area contributed by atoms with Crippen LogP contribution in [0.1, 0.15) is 19.0 Å². The highest BCUT2D eigenvalue weighted by Crippen LogP contribution is 1.95. The summed E-state index contributed by atoms with van der Waals surface area (Å²) in [7, 11) is 0. The van der Waals surface area contributed by atoms with E-state index in [4.69, 9.17) is 0 Å². The van der Waals surface area contributed by atoms with Gasteiger partial charge in [0, 0.05) is 12.6 Å². The van der Waals surface area contributed by atoms with Gasteiger partial charge < -0.3 is 9.84 Å². The first-order chi connectivity index (χ1) is 5.79. The van der Waals surface area contributed by atoms with Gasteiger partial charge in [0.2, 0.25) is 0 Å². The van der Waals surface area contributed by atoms with Gasteiger partial charge in [-0.15, -0.1) is 6.58 Å². The minimum atomic E-state index is 0.768. The molecule has 0 aromatic carbocycles. The molecule has 0 unspecified atom stereocenters. The number of nitrogens with one attached hydrogen (secondary N) is 1. The first-order valence-electron chi connectivity index (χ1n) is 4.03. The highest BCUT2D eigenvalue weighted by molar-refractivity contribution is 4.95. The van der Waals surface area contributed by atoms with Crippen molar-refractivity contribution < 1.29 is 4.52 Å². The molecule has 0 saturated heterocycles. The van der Waals surface area contributed by atoms with Crippen LogP contribution in [0.2, 0.25) is 0 Å². The van der Waals surface area contributed by atoms with Crippen LogP contribution in [-0.4, -0.2) is 11.7 Å². The summed E-state index contributed by atoms with van der Waals surface area (Å²) in [6, 6.07) is 1.85. The predicted octanol–water partition coefficient (Wildman–Crippen LogP) is 1.73. The van der Waals surface area contributed by atoms with Gasteiger partial charge in [-0.05, 0) is 19.9 Å². The van der Waals surface area contributed by atoms with Crippen LogP contribution >= 0.6 is 0 Å². The monoisotopic (exact) mass is 166 g/mol. The fourth-order valence-corrected chi connectivity index (χ4v) is 0.847. The summed E-state index contributed by atoms with van der Waals surface area (Å²) in [6.45, 7) is 7.56. The number of aromatic nitrogens is 1. The van der Waals surface area contributed by atoms with Crippen LogP contribution in [0.3, 0.4) is 0 Å². The van der Waals surface area contributed by atoms with Crippen LogP contribution in [0.25, 0.3) is 0 Å². The molecule has 0 radical (unpaired) electrons. The van der Waals surface area contributed by atoms with Crippen molar-refractivity contribution in [2.45, 2.75) is 19.9 Å². The van der Waals surface area contributed by atoms with Crippen LogP contribution < -0.4 is 5.32 Å². The highest BCUT2D eigenvalue weighted by Gasteiger charge is 1.94. The van der Waals surface area contributed by atoms with E-state index in [1.54, 1.807) is 6.26 Å². The Hall–Kier alpha value is -1.09. The van der Waals surface area contributed by atoms with Crippen LogP contribution in [0.4, 0.5) is 0 Å². The minimum Gasteiger partial charge on any atom is -0.364 e. The van der Waals surface area contributed by atoms with E-state index in [0.29, 0.717) is 0 Å². The fraction of sp³-hybridized carbons (Fsp3) is 0.444. The van der Waals surface area contributed by atoms with Crippen molar-refractivity contribution in [3.05, 3.63) is 30.2 Å². The van der Waals surface area contributed by atoms with E-state index in [1.165, 1.54) is 5.57 Å². The van der Waals surface area contributed by atoms with Crippen LogP contribution in [0, 0.1) is 0 Å². The van der Waals surface area contributed by atoms with Crippen LogP contribution in [0.15, 0.2) is 29.0 Å². The van der Waals surface area contributed by atoms with Crippen molar-refractivity contribution in [3.8, 4) is 0 Å². The van der Waals surface area contributed by atoms with Gasteiger partial charge >= 0.3 is 0 Å². The lowest BCUT2D eigenvalue weighted by Gasteiger charge is -2.00. The van der Waals surface area contributed by atoms with Gasteiger partial charge in [0.1, 0.15) is 6.26 Å². The van der Waals surface area contributed by atoms with Gasteiger partial charge in [-0.3, -0.25) is 0 Å². The van der Waals surface area contributed by atoms with Gasteiger partial charge in [0.05, 0.1) is 5.69 Å². The Balaban J connectivity index is 2.07. The number of rotatable bonds is 5. The quantitative estimate of drug-likeness (QED) is 0.534. The second-order valence-electron chi connectivity index (χ2n) is 2.87. The molecule has 1 rings (SSSR count). The van der Waals surface area contributed by atoms with Crippen LogP contribution in [-0.2, 0) is 6.54 Å². The van der Waals surface area contributed by atoms with Crippen molar-refractivity contribution in [2.75, 3.05) is 6.54 Å². The molecular formula is C9H14N2O. The maximum absolute atomic E-state index is 4.69. The average molecular weight is 166 g/mol. The van der Waals surface area contributed by atoms with Crippen molar-refractivity contribution >= 4 is 0 Å². The third-order valence-corrected chi connectivity index (χ3v) is 1.53. The second-order valence-corrected chi connectivity index (χ2v) is 2.87. The molecule has 0 aliphatic rings. The number of nitrogens with zero attached hydrogens (tertiary/aromatic N) is 1. The van der Waals surface area contributed by atoms with Gasteiger partial charge in [-0.2, -0.15) is 0 Å². The Morgan fingerprint density at radius 2 is 2.58 bits per heavy atom. The Bertz CT molecular complexity index is 229. The van der Waals surface area contributed by atoms with E-state index in [1.807, 2.05) is 13.0 Å². The molecule has 0 saturated carbocycles. The SMILES string of the molecule is C=C(C)CCNCc1ccon1. The smallest absolute Gasteiger partial charge is 0.124 e. The molecule has 0 spiro atoms. The van der Waals surface area contributed by atoms with Crippen LogP contribution in [0.5, 0.6) is 0 Å². The molecule has 0 bridgehead atoms. The molecule has 1 N–H and O–H groups in total. The molecule has 1 heterocycles. The van der Waals surface area contributed by atoms with E-state index in [9.17, 15) is 0 Å². The summed E-state index contributed by atoms with van der Waals surface area (Å²) in [5.74, 6) is 0. The summed E-state index contributed by atoms with van der Waals surface area (Å²) < 4.78 is 4.69. The zero-order valence-electron chi connectivity index (χ0n) is 7.34. The first-order valence-corrected chi connectivity index (χ1v) is 4.03. The highest BCUT2D eigenvalue weighted by atomic mass is 16.5. The predicted molar refractivity (Wildman–Crippen MR) is 47.6 cm³/mol. The lowest BCUT2D eigenvalue weighted by Crippen LogP contribution is -2.14. The van der Waals surface area contributed by atoms with Gasteiger partial charge in [0.15, 0.2) is 0 Å². The molecule has 0 atom stereocenters. The zero-order chi connectivity index (χ0) is 8.81. The van der Waals surface area contributed by atoms with E-state index in [-0.39, 0.29) is 0 Å². The van der Waals surface area contributed by atoms with Gasteiger partial charge in [-0.25, -0.2) is 0 Å². The summed E-state index contributed by atoms with van der Waals surface area (Å²) >= 11 is 0. The van der Waals surface area contributed by atoms with Gasteiger partial charge in [-0.1, -0.05) is 10.7 Å².